The van der Waals surface area contributed by atoms with Crippen LogP contribution < -0.4 is 9.46 Å². The van der Waals surface area contributed by atoms with Gasteiger partial charge in [0.05, 0.1) is 23.7 Å². The van der Waals surface area contributed by atoms with Gasteiger partial charge in [-0.15, -0.1) is 5.10 Å². The highest BCUT2D eigenvalue weighted by molar-refractivity contribution is 7.92. The standard InChI is InChI=1S/C21H12F4N4O3S/c1-32-21-13-9-11(10-26-20(13)27-28-21)5-6-12-14(22)7-8-17(18(12)25)29-33(30,31)19-15(23)3-2-4-16(19)24/h2-4,7-10,29H,1H3,(H,26,27,28). The number of hydrogen-bond donors (Lipinski definition) is 2. The minimum atomic E-state index is -4.86. The normalized spacial score (nSPS) is 11.2. The van der Waals surface area contributed by atoms with Crippen molar-refractivity contribution >= 4 is 26.7 Å². The van der Waals surface area contributed by atoms with Gasteiger partial charge in [0.1, 0.15) is 17.5 Å². The minimum absolute atomic E-state index is 0.246. The van der Waals surface area contributed by atoms with E-state index in [4.69, 9.17) is 4.74 Å². The van der Waals surface area contributed by atoms with Crippen LogP contribution in [0.15, 0.2) is 47.5 Å². The summed E-state index contributed by atoms with van der Waals surface area (Å²) >= 11 is 0. The second-order valence-electron chi connectivity index (χ2n) is 6.54. The summed E-state index contributed by atoms with van der Waals surface area (Å²) in [6, 6.07) is 5.51. The average Bonchev–Trinajstić information content (AvgIpc) is 3.17. The molecule has 7 nitrogen and oxygen atoms in total. The molecular weight excluding hydrogens is 464 g/mol. The van der Waals surface area contributed by atoms with E-state index in [-0.39, 0.29) is 11.4 Å². The number of nitrogens with one attached hydrogen (secondary N) is 2. The van der Waals surface area contributed by atoms with E-state index in [1.807, 2.05) is 0 Å². The molecule has 0 aliphatic carbocycles. The van der Waals surface area contributed by atoms with Crippen LogP contribution in [0.3, 0.4) is 0 Å². The van der Waals surface area contributed by atoms with Crippen LogP contribution in [0.25, 0.3) is 11.0 Å². The molecule has 2 N–H and O–H groups in total. The van der Waals surface area contributed by atoms with Crippen molar-refractivity contribution in [1.29, 1.82) is 0 Å². The number of H-pyrrole nitrogens is 1. The summed E-state index contributed by atoms with van der Waals surface area (Å²) in [4.78, 5) is 2.78. The van der Waals surface area contributed by atoms with Crippen molar-refractivity contribution in [2.75, 3.05) is 11.8 Å². The Hall–Kier alpha value is -4.11. The molecule has 0 radical (unpaired) electrons. The quantitative estimate of drug-likeness (QED) is 0.346. The van der Waals surface area contributed by atoms with Crippen LogP contribution >= 0.6 is 0 Å². The molecule has 2 aromatic heterocycles. The molecule has 4 aromatic rings. The molecule has 4 rings (SSSR count). The van der Waals surface area contributed by atoms with Gasteiger partial charge in [-0.1, -0.05) is 17.9 Å². The highest BCUT2D eigenvalue weighted by atomic mass is 32.2. The first-order chi connectivity index (χ1) is 15.7. The Bertz CT molecular complexity index is 1540. The van der Waals surface area contributed by atoms with E-state index in [9.17, 15) is 26.0 Å². The molecule has 0 aliphatic heterocycles. The summed E-state index contributed by atoms with van der Waals surface area (Å²) in [5.41, 5.74) is -0.830. The lowest BCUT2D eigenvalue weighted by molar-refractivity contribution is 0.401. The van der Waals surface area contributed by atoms with E-state index >= 15 is 0 Å². The lowest BCUT2D eigenvalue weighted by atomic mass is 10.1. The van der Waals surface area contributed by atoms with Crippen molar-refractivity contribution in [2.45, 2.75) is 4.90 Å². The number of halogens is 4. The number of aromatic nitrogens is 3. The maximum atomic E-state index is 14.9. The molecular formula is C21H12F4N4O3S. The molecule has 33 heavy (non-hydrogen) atoms. The molecule has 12 heteroatoms. The monoisotopic (exact) mass is 476 g/mol. The zero-order valence-electron chi connectivity index (χ0n) is 16.6. The molecule has 0 bridgehead atoms. The predicted molar refractivity (Wildman–Crippen MR) is 110 cm³/mol. The van der Waals surface area contributed by atoms with Crippen molar-refractivity contribution in [2.24, 2.45) is 0 Å². The largest absolute Gasteiger partial charge is 0.479 e. The molecule has 0 amide bonds. The zero-order chi connectivity index (χ0) is 23.8. The number of ether oxygens (including phenoxy) is 1. The van der Waals surface area contributed by atoms with Gasteiger partial charge >= 0.3 is 0 Å². The number of hydrogen-bond acceptors (Lipinski definition) is 5. The van der Waals surface area contributed by atoms with Crippen molar-refractivity contribution in [3.63, 3.8) is 0 Å². The van der Waals surface area contributed by atoms with E-state index in [0.717, 1.165) is 30.3 Å². The summed E-state index contributed by atoms with van der Waals surface area (Å²) in [6.07, 6.45) is 1.33. The molecule has 0 saturated carbocycles. The fraction of sp³-hybridized carbons (Fsp3) is 0.0476. The second-order valence-corrected chi connectivity index (χ2v) is 8.16. The molecule has 0 atom stereocenters. The van der Waals surface area contributed by atoms with E-state index in [0.29, 0.717) is 11.0 Å². The fourth-order valence-electron chi connectivity index (χ4n) is 2.92. The van der Waals surface area contributed by atoms with Gasteiger partial charge < -0.3 is 4.74 Å². The SMILES string of the molecule is COc1n[nH]c2ncc(C#Cc3c(F)ccc(NS(=O)(=O)c4c(F)cccc4F)c3F)cc12. The molecule has 0 saturated heterocycles. The molecule has 2 heterocycles. The third-order valence-electron chi connectivity index (χ3n) is 4.43. The molecule has 0 unspecified atom stereocenters. The van der Waals surface area contributed by atoms with Crippen LogP contribution in [0.1, 0.15) is 11.1 Å². The fourth-order valence-corrected chi connectivity index (χ4v) is 4.12. The van der Waals surface area contributed by atoms with Gasteiger partial charge in [-0.25, -0.2) is 31.0 Å². The number of nitrogens with zero attached hydrogens (tertiary/aromatic N) is 2. The summed E-state index contributed by atoms with van der Waals surface area (Å²) in [7, 11) is -3.46. The number of rotatable bonds is 4. The highest BCUT2D eigenvalue weighted by Crippen LogP contribution is 2.26. The minimum Gasteiger partial charge on any atom is -0.479 e. The third-order valence-corrected chi connectivity index (χ3v) is 5.85. The summed E-state index contributed by atoms with van der Waals surface area (Å²) < 4.78 is 88.5. The molecule has 0 fully saturated rings. The van der Waals surface area contributed by atoms with Gasteiger partial charge in [0.15, 0.2) is 16.4 Å². The smallest absolute Gasteiger partial charge is 0.267 e. The number of anilines is 1. The van der Waals surface area contributed by atoms with Crippen molar-refractivity contribution in [3.05, 3.63) is 77.0 Å². The van der Waals surface area contributed by atoms with Crippen LogP contribution in [0.5, 0.6) is 5.88 Å². The van der Waals surface area contributed by atoms with Crippen LogP contribution in [-0.2, 0) is 10.0 Å². The van der Waals surface area contributed by atoms with E-state index in [1.54, 1.807) is 4.72 Å². The van der Waals surface area contributed by atoms with Crippen molar-refractivity contribution in [3.8, 4) is 17.7 Å². The topological polar surface area (TPSA) is 97.0 Å². The van der Waals surface area contributed by atoms with Crippen LogP contribution in [0.2, 0.25) is 0 Å². The summed E-state index contributed by atoms with van der Waals surface area (Å²) in [5.74, 6) is -0.122. The van der Waals surface area contributed by atoms with Gasteiger partial charge in [-0.05, 0) is 30.3 Å². The van der Waals surface area contributed by atoms with Crippen LogP contribution in [-0.4, -0.2) is 30.7 Å². The lowest BCUT2D eigenvalue weighted by Gasteiger charge is -2.11. The Balaban J connectivity index is 1.72. The van der Waals surface area contributed by atoms with Gasteiger partial charge in [0.25, 0.3) is 10.0 Å². The van der Waals surface area contributed by atoms with Gasteiger partial charge in [-0.2, -0.15) is 0 Å². The molecule has 168 valence electrons. The molecule has 0 aliphatic rings. The maximum absolute atomic E-state index is 14.9. The Morgan fingerprint density at radius 2 is 1.76 bits per heavy atom. The predicted octanol–water partition coefficient (Wildman–Crippen LogP) is 3.72. The van der Waals surface area contributed by atoms with Crippen molar-refractivity contribution < 1.29 is 30.7 Å². The van der Waals surface area contributed by atoms with Gasteiger partial charge in [0, 0.05) is 11.8 Å². The number of aromatic amines is 1. The van der Waals surface area contributed by atoms with E-state index in [1.165, 1.54) is 19.4 Å². The molecule has 0 spiro atoms. The lowest BCUT2D eigenvalue weighted by Crippen LogP contribution is -2.17. The molecule has 2 aromatic carbocycles. The summed E-state index contributed by atoms with van der Waals surface area (Å²) in [6.45, 7) is 0. The number of pyridine rings is 1. The first-order valence-electron chi connectivity index (χ1n) is 9.06. The van der Waals surface area contributed by atoms with Crippen LogP contribution in [0, 0.1) is 35.1 Å². The van der Waals surface area contributed by atoms with Gasteiger partial charge in [0.2, 0.25) is 5.88 Å². The van der Waals surface area contributed by atoms with Gasteiger partial charge in [-0.3, -0.25) is 9.82 Å². The Labute approximate surface area is 184 Å². The summed E-state index contributed by atoms with van der Waals surface area (Å²) in [5, 5.41) is 7.01. The van der Waals surface area contributed by atoms with E-state index < -0.39 is 49.4 Å². The number of sulfonamides is 1. The Kier molecular flexibility index (Phi) is 5.65. The third kappa shape index (κ3) is 4.18. The number of benzene rings is 2. The Morgan fingerprint density at radius 3 is 2.45 bits per heavy atom. The highest BCUT2D eigenvalue weighted by Gasteiger charge is 2.26. The van der Waals surface area contributed by atoms with Crippen LogP contribution in [0.4, 0.5) is 23.2 Å². The first kappa shape index (κ1) is 22.1. The Morgan fingerprint density at radius 1 is 1.03 bits per heavy atom. The zero-order valence-corrected chi connectivity index (χ0v) is 17.4. The van der Waals surface area contributed by atoms with Crippen molar-refractivity contribution in [1.82, 2.24) is 15.2 Å². The second kappa shape index (κ2) is 8.44. The maximum Gasteiger partial charge on any atom is 0.267 e. The first-order valence-corrected chi connectivity index (χ1v) is 10.5. The van der Waals surface area contributed by atoms with E-state index in [2.05, 4.69) is 27.0 Å². The average molecular weight is 476 g/mol. The number of methoxy groups -OCH3 is 1. The number of fused-ring (bicyclic) bond motifs is 1.